The molecule has 1 N–H and O–H groups in total. The van der Waals surface area contributed by atoms with E-state index in [0.717, 1.165) is 25.8 Å². The molecule has 1 aliphatic rings. The van der Waals surface area contributed by atoms with E-state index in [2.05, 4.69) is 13.8 Å². The molecule has 1 aromatic rings. The van der Waals surface area contributed by atoms with Crippen molar-refractivity contribution in [3.63, 3.8) is 0 Å². The molecule has 1 aliphatic heterocycles. The first-order chi connectivity index (χ1) is 11.0. The molecule has 1 heterocycles. The minimum absolute atomic E-state index is 0.0103. The Morgan fingerprint density at radius 3 is 2.83 bits per heavy atom. The quantitative estimate of drug-likeness (QED) is 0.874. The Labute approximate surface area is 137 Å². The van der Waals surface area contributed by atoms with Crippen molar-refractivity contribution >= 4 is 11.9 Å². The highest BCUT2D eigenvalue weighted by molar-refractivity contribution is 5.94. The van der Waals surface area contributed by atoms with Crippen LogP contribution in [0.3, 0.4) is 0 Å². The Morgan fingerprint density at radius 2 is 2.13 bits per heavy atom. The summed E-state index contributed by atoms with van der Waals surface area (Å²) in [5.74, 6) is -0.0554. The number of hydrogen-bond acceptors (Lipinski definition) is 3. The van der Waals surface area contributed by atoms with Gasteiger partial charge in [-0.2, -0.15) is 0 Å². The van der Waals surface area contributed by atoms with Gasteiger partial charge in [0.05, 0.1) is 0 Å². The Hall–Kier alpha value is -2.04. The number of carboxylic acid groups (broad SMARTS) is 1. The maximum Gasteiger partial charge on any atom is 0.341 e. The molecule has 1 atom stereocenters. The van der Waals surface area contributed by atoms with Crippen molar-refractivity contribution in [2.45, 2.75) is 45.6 Å². The van der Waals surface area contributed by atoms with Crippen LogP contribution in [0.2, 0.25) is 0 Å². The molecule has 1 amide bonds. The zero-order chi connectivity index (χ0) is 16.8. The molecule has 0 saturated carbocycles. The number of nitrogens with zero attached hydrogens (tertiary/aromatic N) is 1. The van der Waals surface area contributed by atoms with Crippen LogP contribution >= 0.6 is 0 Å². The predicted octanol–water partition coefficient (Wildman–Crippen LogP) is 3.19. The molecule has 0 aliphatic carbocycles. The molecular formula is C18H25NO4. The highest BCUT2D eigenvalue weighted by atomic mass is 16.5. The van der Waals surface area contributed by atoms with E-state index in [1.54, 1.807) is 24.3 Å². The average molecular weight is 319 g/mol. The van der Waals surface area contributed by atoms with Gasteiger partial charge < -0.3 is 14.7 Å². The number of amides is 1. The summed E-state index contributed by atoms with van der Waals surface area (Å²) in [5.41, 5.74) is 0.559. The molecule has 2 rings (SSSR count). The van der Waals surface area contributed by atoms with Gasteiger partial charge >= 0.3 is 5.97 Å². The normalized spacial score (nSPS) is 18.0. The van der Waals surface area contributed by atoms with Crippen LogP contribution < -0.4 is 4.74 Å². The fourth-order valence-electron chi connectivity index (χ4n) is 3.09. The maximum atomic E-state index is 12.8. The molecule has 0 aromatic heterocycles. The lowest BCUT2D eigenvalue weighted by molar-refractivity contribution is -0.139. The Bertz CT molecular complexity index is 556. The molecule has 1 unspecified atom stereocenters. The first kappa shape index (κ1) is 17.3. The molecule has 5 heteroatoms. The predicted molar refractivity (Wildman–Crippen MR) is 87.7 cm³/mol. The van der Waals surface area contributed by atoms with E-state index in [-0.39, 0.29) is 5.91 Å². The van der Waals surface area contributed by atoms with Crippen LogP contribution in [0, 0.1) is 5.92 Å². The third-order valence-corrected chi connectivity index (χ3v) is 4.07. The summed E-state index contributed by atoms with van der Waals surface area (Å²) >= 11 is 0. The van der Waals surface area contributed by atoms with E-state index < -0.39 is 12.6 Å². The lowest BCUT2D eigenvalue weighted by Gasteiger charge is -2.37. The molecule has 23 heavy (non-hydrogen) atoms. The minimum atomic E-state index is -1.03. The number of likely N-dealkylation sites (tertiary alicyclic amines) is 1. The van der Waals surface area contributed by atoms with Crippen LogP contribution in [0.25, 0.3) is 0 Å². The highest BCUT2D eigenvalue weighted by Gasteiger charge is 2.28. The van der Waals surface area contributed by atoms with E-state index in [1.165, 1.54) is 6.42 Å². The van der Waals surface area contributed by atoms with Crippen LogP contribution in [-0.4, -0.2) is 41.1 Å². The molecule has 0 spiro atoms. The second kappa shape index (κ2) is 7.99. The number of carboxylic acids is 1. The molecule has 0 radical (unpaired) electrons. The molecule has 1 saturated heterocycles. The molecular weight excluding hydrogens is 294 g/mol. The third kappa shape index (κ3) is 4.98. The van der Waals surface area contributed by atoms with E-state index in [1.807, 2.05) is 4.90 Å². The van der Waals surface area contributed by atoms with Crippen molar-refractivity contribution in [2.24, 2.45) is 5.92 Å². The number of carbonyl (C=O) groups is 2. The molecule has 126 valence electrons. The van der Waals surface area contributed by atoms with Gasteiger partial charge in [-0.25, -0.2) is 4.79 Å². The van der Waals surface area contributed by atoms with Crippen molar-refractivity contribution in [3.8, 4) is 5.75 Å². The van der Waals surface area contributed by atoms with Gasteiger partial charge in [-0.3, -0.25) is 4.79 Å². The highest BCUT2D eigenvalue weighted by Crippen LogP contribution is 2.25. The van der Waals surface area contributed by atoms with E-state index in [9.17, 15) is 9.59 Å². The fraction of sp³-hybridized carbons (Fsp3) is 0.556. The van der Waals surface area contributed by atoms with Gasteiger partial charge in [-0.1, -0.05) is 19.9 Å². The Balaban J connectivity index is 2.11. The summed E-state index contributed by atoms with van der Waals surface area (Å²) in [7, 11) is 0. The van der Waals surface area contributed by atoms with Crippen molar-refractivity contribution in [3.05, 3.63) is 29.8 Å². The van der Waals surface area contributed by atoms with Gasteiger partial charge in [0.2, 0.25) is 0 Å². The van der Waals surface area contributed by atoms with E-state index in [4.69, 9.17) is 9.84 Å². The number of ether oxygens (including phenoxy) is 1. The van der Waals surface area contributed by atoms with E-state index in [0.29, 0.717) is 23.3 Å². The van der Waals surface area contributed by atoms with Gasteiger partial charge in [-0.05, 0) is 49.8 Å². The van der Waals surface area contributed by atoms with Crippen molar-refractivity contribution in [1.82, 2.24) is 4.90 Å². The van der Waals surface area contributed by atoms with Crippen molar-refractivity contribution < 1.29 is 19.4 Å². The van der Waals surface area contributed by atoms with Gasteiger partial charge in [0.1, 0.15) is 5.75 Å². The molecule has 5 nitrogen and oxygen atoms in total. The Kier molecular flexibility index (Phi) is 6.02. The summed E-state index contributed by atoms with van der Waals surface area (Å²) in [4.78, 5) is 25.4. The summed E-state index contributed by atoms with van der Waals surface area (Å²) in [6.07, 6.45) is 4.28. The van der Waals surface area contributed by atoms with Crippen LogP contribution in [0.5, 0.6) is 5.75 Å². The largest absolute Gasteiger partial charge is 0.482 e. The first-order valence-corrected chi connectivity index (χ1v) is 8.23. The summed E-state index contributed by atoms with van der Waals surface area (Å²) < 4.78 is 5.17. The van der Waals surface area contributed by atoms with Gasteiger partial charge in [0.25, 0.3) is 5.91 Å². The molecule has 1 aromatic carbocycles. The third-order valence-electron chi connectivity index (χ3n) is 4.07. The zero-order valence-electron chi connectivity index (χ0n) is 13.8. The fourth-order valence-corrected chi connectivity index (χ4v) is 3.09. The van der Waals surface area contributed by atoms with Crippen molar-refractivity contribution in [2.75, 3.05) is 13.2 Å². The second-order valence-corrected chi connectivity index (χ2v) is 6.49. The average Bonchev–Trinajstić information content (AvgIpc) is 2.52. The Morgan fingerprint density at radius 1 is 1.35 bits per heavy atom. The van der Waals surface area contributed by atoms with Crippen molar-refractivity contribution in [1.29, 1.82) is 0 Å². The topological polar surface area (TPSA) is 66.8 Å². The summed E-state index contributed by atoms with van der Waals surface area (Å²) in [6.45, 7) is 4.74. The lowest BCUT2D eigenvalue weighted by Crippen LogP contribution is -2.44. The number of carbonyl (C=O) groups excluding carboxylic acids is 1. The van der Waals surface area contributed by atoms with E-state index >= 15 is 0 Å². The van der Waals surface area contributed by atoms with Gasteiger partial charge in [0, 0.05) is 18.2 Å². The standard InChI is InChI=1S/C18H25NO4/c1-13(2)10-15-7-3-4-9-19(15)18(22)14-6-5-8-16(11-14)23-12-17(20)21/h5-6,8,11,13,15H,3-4,7,9-10,12H2,1-2H3,(H,20,21). The second-order valence-electron chi connectivity index (χ2n) is 6.49. The zero-order valence-corrected chi connectivity index (χ0v) is 13.8. The lowest BCUT2D eigenvalue weighted by atomic mass is 9.93. The van der Waals surface area contributed by atoms with Gasteiger partial charge in [-0.15, -0.1) is 0 Å². The van der Waals surface area contributed by atoms with Gasteiger partial charge in [0.15, 0.2) is 6.61 Å². The number of hydrogen-bond donors (Lipinski definition) is 1. The van der Waals surface area contributed by atoms with Crippen LogP contribution in [0.4, 0.5) is 0 Å². The number of piperidine rings is 1. The molecule has 0 bridgehead atoms. The summed E-state index contributed by atoms with van der Waals surface area (Å²) in [6, 6.07) is 7.08. The van der Waals surface area contributed by atoms with Crippen LogP contribution in [0.15, 0.2) is 24.3 Å². The van der Waals surface area contributed by atoms with Crippen LogP contribution in [0.1, 0.15) is 49.9 Å². The number of benzene rings is 1. The minimum Gasteiger partial charge on any atom is -0.482 e. The maximum absolute atomic E-state index is 12.8. The first-order valence-electron chi connectivity index (χ1n) is 8.23. The SMILES string of the molecule is CC(C)CC1CCCCN1C(=O)c1cccc(OCC(=O)O)c1. The summed E-state index contributed by atoms with van der Waals surface area (Å²) in [5, 5.41) is 8.68. The monoisotopic (exact) mass is 319 g/mol. The molecule has 1 fully saturated rings. The smallest absolute Gasteiger partial charge is 0.341 e. The number of rotatable bonds is 6. The van der Waals surface area contributed by atoms with Crippen LogP contribution in [-0.2, 0) is 4.79 Å². The number of aliphatic carboxylic acids is 1.